The van der Waals surface area contributed by atoms with Crippen molar-refractivity contribution in [3.05, 3.63) is 51.4 Å². The van der Waals surface area contributed by atoms with Gasteiger partial charge in [0.2, 0.25) is 5.88 Å². The van der Waals surface area contributed by atoms with Crippen LogP contribution in [0.25, 0.3) is 0 Å². The number of nitro benzene ring substituents is 1. The van der Waals surface area contributed by atoms with Gasteiger partial charge in [0.05, 0.1) is 4.92 Å². The highest BCUT2D eigenvalue weighted by molar-refractivity contribution is 5.74. The van der Waals surface area contributed by atoms with Gasteiger partial charge in [-0.15, -0.1) is 0 Å². The molecule has 0 radical (unpaired) electrons. The molecule has 0 bridgehead atoms. The number of amides is 1. The highest BCUT2D eigenvalue weighted by Gasteiger charge is 2.37. The molecule has 0 aromatic heterocycles. The van der Waals surface area contributed by atoms with Crippen LogP contribution in [0.1, 0.15) is 18.5 Å². The van der Waals surface area contributed by atoms with Crippen LogP contribution in [0.15, 0.2) is 35.7 Å². The number of hydroxylamine groups is 2. The number of nitrogens with two attached hydrogens (primary N) is 1. The van der Waals surface area contributed by atoms with Crippen LogP contribution in [0.4, 0.5) is 5.69 Å². The largest absolute Gasteiger partial charge is 0.367 e. The van der Waals surface area contributed by atoms with E-state index in [1.807, 2.05) is 6.07 Å². The highest BCUT2D eigenvalue weighted by Crippen LogP contribution is 2.36. The second-order valence-electron chi connectivity index (χ2n) is 4.08. The molecule has 20 heavy (non-hydrogen) atoms. The number of hydrogen-bond acceptors (Lipinski definition) is 6. The highest BCUT2D eigenvalue weighted by atomic mass is 16.7. The topological polar surface area (TPSA) is 122 Å². The van der Waals surface area contributed by atoms with Crippen LogP contribution in [-0.4, -0.2) is 15.9 Å². The van der Waals surface area contributed by atoms with Crippen molar-refractivity contribution >= 4 is 11.6 Å². The van der Waals surface area contributed by atoms with Crippen LogP contribution in [0, 0.1) is 21.4 Å². The first kappa shape index (κ1) is 13.4. The van der Waals surface area contributed by atoms with Crippen LogP contribution < -0.4 is 5.73 Å². The van der Waals surface area contributed by atoms with E-state index < -0.39 is 16.9 Å². The lowest BCUT2D eigenvalue weighted by atomic mass is 10.00. The molecular weight excluding hydrogens is 264 g/mol. The van der Waals surface area contributed by atoms with E-state index >= 15 is 0 Å². The van der Waals surface area contributed by atoms with Crippen molar-refractivity contribution in [2.75, 3.05) is 0 Å². The van der Waals surface area contributed by atoms with Gasteiger partial charge in [0.25, 0.3) is 11.6 Å². The number of carbonyl (C=O) groups is 1. The summed E-state index contributed by atoms with van der Waals surface area (Å²) < 4.78 is 0. The normalized spacial score (nSPS) is 17.6. The number of benzene rings is 1. The van der Waals surface area contributed by atoms with E-state index in [0.717, 1.165) is 5.06 Å². The third kappa shape index (κ3) is 2.12. The SMILES string of the molecule is CC(=O)N1OC(N)=C(C#N)C1c1ccc([N+](=O)[O-])cc1. The molecule has 0 fully saturated rings. The Kier molecular flexibility index (Phi) is 3.27. The van der Waals surface area contributed by atoms with Gasteiger partial charge in [-0.2, -0.15) is 10.3 Å². The zero-order chi connectivity index (χ0) is 14.9. The molecular formula is C12H10N4O4. The van der Waals surface area contributed by atoms with Gasteiger partial charge in [0.15, 0.2) is 0 Å². The summed E-state index contributed by atoms with van der Waals surface area (Å²) in [5.41, 5.74) is 6.07. The van der Waals surface area contributed by atoms with E-state index in [9.17, 15) is 14.9 Å². The number of non-ortho nitro benzene ring substituents is 1. The maximum atomic E-state index is 11.5. The number of hydrogen-bond donors (Lipinski definition) is 1. The Balaban J connectivity index is 2.44. The number of carbonyl (C=O) groups excluding carboxylic acids is 1. The Labute approximate surface area is 113 Å². The van der Waals surface area contributed by atoms with Gasteiger partial charge >= 0.3 is 0 Å². The molecule has 1 atom stereocenters. The molecule has 8 heteroatoms. The summed E-state index contributed by atoms with van der Waals surface area (Å²) in [5, 5.41) is 20.7. The molecule has 1 aromatic carbocycles. The van der Waals surface area contributed by atoms with Gasteiger partial charge in [-0.1, -0.05) is 0 Å². The van der Waals surface area contributed by atoms with Gasteiger partial charge in [-0.3, -0.25) is 14.9 Å². The van der Waals surface area contributed by atoms with Crippen LogP contribution in [0.5, 0.6) is 0 Å². The van der Waals surface area contributed by atoms with Crippen LogP contribution in [-0.2, 0) is 9.63 Å². The molecule has 0 aliphatic carbocycles. The minimum atomic E-state index is -0.793. The van der Waals surface area contributed by atoms with Crippen molar-refractivity contribution in [1.82, 2.24) is 5.06 Å². The first-order chi connectivity index (χ1) is 9.45. The minimum Gasteiger partial charge on any atom is -0.367 e. The molecule has 0 saturated carbocycles. The van der Waals surface area contributed by atoms with Crippen LogP contribution >= 0.6 is 0 Å². The smallest absolute Gasteiger partial charge is 0.269 e. The van der Waals surface area contributed by atoms with E-state index in [-0.39, 0.29) is 17.1 Å². The van der Waals surface area contributed by atoms with Gasteiger partial charge in [0.1, 0.15) is 17.7 Å². The Morgan fingerprint density at radius 2 is 2.10 bits per heavy atom. The van der Waals surface area contributed by atoms with Gasteiger partial charge < -0.3 is 10.6 Å². The molecule has 2 N–H and O–H groups in total. The van der Waals surface area contributed by atoms with Crippen molar-refractivity contribution in [1.29, 1.82) is 5.26 Å². The van der Waals surface area contributed by atoms with Crippen molar-refractivity contribution in [3.63, 3.8) is 0 Å². The van der Waals surface area contributed by atoms with Crippen molar-refractivity contribution < 1.29 is 14.6 Å². The molecule has 1 aliphatic rings. The van der Waals surface area contributed by atoms with E-state index in [0.29, 0.717) is 5.56 Å². The fourth-order valence-electron chi connectivity index (χ4n) is 1.90. The Hall–Kier alpha value is -3.08. The standard InChI is InChI=1S/C12H10N4O4/c1-7(17)15-11(10(6-13)12(14)20-15)8-2-4-9(5-3-8)16(18)19/h2-5,11H,14H2,1H3. The molecule has 0 saturated heterocycles. The molecule has 102 valence electrons. The summed E-state index contributed by atoms with van der Waals surface area (Å²) >= 11 is 0. The van der Waals surface area contributed by atoms with E-state index in [1.54, 1.807) is 0 Å². The zero-order valence-corrected chi connectivity index (χ0v) is 10.4. The lowest BCUT2D eigenvalue weighted by Gasteiger charge is -2.21. The maximum absolute atomic E-state index is 11.5. The fourth-order valence-corrected chi connectivity index (χ4v) is 1.90. The van der Waals surface area contributed by atoms with Crippen molar-refractivity contribution in [2.45, 2.75) is 13.0 Å². The zero-order valence-electron chi connectivity index (χ0n) is 10.4. The summed E-state index contributed by atoms with van der Waals surface area (Å²) in [5.74, 6) is -0.576. The summed E-state index contributed by atoms with van der Waals surface area (Å²) in [6.07, 6.45) is 0. The predicted molar refractivity (Wildman–Crippen MR) is 66.3 cm³/mol. The lowest BCUT2D eigenvalue weighted by molar-refractivity contribution is -0.384. The second kappa shape index (κ2) is 4.89. The number of rotatable bonds is 2. The summed E-state index contributed by atoms with van der Waals surface area (Å²) in [4.78, 5) is 26.6. The number of nitrogens with zero attached hydrogens (tertiary/aromatic N) is 3. The lowest BCUT2D eigenvalue weighted by Crippen LogP contribution is -2.29. The van der Waals surface area contributed by atoms with Gasteiger partial charge in [0, 0.05) is 19.1 Å². The minimum absolute atomic E-state index is 0.0856. The molecule has 1 unspecified atom stereocenters. The first-order valence-corrected chi connectivity index (χ1v) is 5.57. The second-order valence-corrected chi connectivity index (χ2v) is 4.08. The quantitative estimate of drug-likeness (QED) is 0.636. The molecule has 1 amide bonds. The molecule has 8 nitrogen and oxygen atoms in total. The van der Waals surface area contributed by atoms with E-state index in [4.69, 9.17) is 15.8 Å². The van der Waals surface area contributed by atoms with Crippen molar-refractivity contribution in [2.24, 2.45) is 5.73 Å². The fraction of sp³-hybridized carbons (Fsp3) is 0.167. The number of nitriles is 1. The van der Waals surface area contributed by atoms with Crippen LogP contribution in [0.3, 0.4) is 0 Å². The summed E-state index contributed by atoms with van der Waals surface area (Å²) in [6, 6.07) is 6.58. The number of nitro groups is 1. The Morgan fingerprint density at radius 3 is 2.55 bits per heavy atom. The van der Waals surface area contributed by atoms with Gasteiger partial charge in [-0.05, 0) is 17.7 Å². The molecule has 2 rings (SSSR count). The van der Waals surface area contributed by atoms with E-state index in [1.165, 1.54) is 31.2 Å². The molecule has 1 aromatic rings. The average Bonchev–Trinajstić information content (AvgIpc) is 2.75. The Morgan fingerprint density at radius 1 is 1.50 bits per heavy atom. The summed E-state index contributed by atoms with van der Waals surface area (Å²) in [6.45, 7) is 1.27. The van der Waals surface area contributed by atoms with E-state index in [2.05, 4.69) is 0 Å². The maximum Gasteiger partial charge on any atom is 0.269 e. The molecule has 1 heterocycles. The molecule has 0 spiro atoms. The Bertz CT molecular complexity index is 644. The molecule has 1 aliphatic heterocycles. The average molecular weight is 274 g/mol. The summed E-state index contributed by atoms with van der Waals surface area (Å²) in [7, 11) is 0. The van der Waals surface area contributed by atoms with Crippen molar-refractivity contribution in [3.8, 4) is 6.07 Å². The predicted octanol–water partition coefficient (Wildman–Crippen LogP) is 1.12. The monoisotopic (exact) mass is 274 g/mol. The first-order valence-electron chi connectivity index (χ1n) is 5.57. The third-order valence-electron chi connectivity index (χ3n) is 2.82. The van der Waals surface area contributed by atoms with Gasteiger partial charge in [-0.25, -0.2) is 0 Å². The third-order valence-corrected chi connectivity index (χ3v) is 2.82. The van der Waals surface area contributed by atoms with Crippen LogP contribution in [0.2, 0.25) is 0 Å².